The van der Waals surface area contributed by atoms with E-state index in [1.807, 2.05) is 9.95 Å². The predicted molar refractivity (Wildman–Crippen MR) is 99.3 cm³/mol. The summed E-state index contributed by atoms with van der Waals surface area (Å²) in [6.07, 6.45) is 3.97. The zero-order valence-electron chi connectivity index (χ0n) is 14.4. The average Bonchev–Trinajstić information content (AvgIpc) is 3.10. The molecule has 5 nitrogen and oxygen atoms in total. The Morgan fingerprint density at radius 1 is 1.58 bits per heavy atom. The van der Waals surface area contributed by atoms with Gasteiger partial charge in [-0.1, -0.05) is 6.92 Å². The predicted octanol–water partition coefficient (Wildman–Crippen LogP) is 3.68. The maximum Gasteiger partial charge on any atom is 0.252 e. The van der Waals surface area contributed by atoms with Crippen LogP contribution in [0.5, 0.6) is 0 Å². The standard InChI is InChI=1S/C17H24N4OS2/c1-10(2)21-15(19-20-17(21)23)6-7-18-16(22)13-9-24-14-8-11(3)4-5-12(13)14/h9-11H,4-8H2,1-3H3,(H,18,22)(H,20,23)/t11-/m1/s1. The van der Waals surface area contributed by atoms with E-state index >= 15 is 0 Å². The second-order valence-corrected chi connectivity index (χ2v) is 8.16. The van der Waals surface area contributed by atoms with Crippen LogP contribution in [0.2, 0.25) is 0 Å². The van der Waals surface area contributed by atoms with Crippen molar-refractivity contribution in [3.63, 3.8) is 0 Å². The summed E-state index contributed by atoms with van der Waals surface area (Å²) < 4.78 is 2.63. The number of thiophene rings is 1. The van der Waals surface area contributed by atoms with E-state index < -0.39 is 0 Å². The molecule has 0 radical (unpaired) electrons. The van der Waals surface area contributed by atoms with Crippen molar-refractivity contribution < 1.29 is 4.79 Å². The van der Waals surface area contributed by atoms with Crippen molar-refractivity contribution in [1.82, 2.24) is 20.1 Å². The molecular formula is C17H24N4OS2. The molecule has 2 aromatic heterocycles. The van der Waals surface area contributed by atoms with Gasteiger partial charge in [0.1, 0.15) is 5.82 Å². The second kappa shape index (κ2) is 7.19. The molecule has 2 heterocycles. The fourth-order valence-electron chi connectivity index (χ4n) is 3.30. The first kappa shape index (κ1) is 17.4. The molecule has 1 amide bonds. The van der Waals surface area contributed by atoms with Gasteiger partial charge in [-0.2, -0.15) is 5.10 Å². The fraction of sp³-hybridized carbons (Fsp3) is 0.588. The number of fused-ring (bicyclic) bond motifs is 1. The average molecular weight is 365 g/mol. The van der Waals surface area contributed by atoms with Gasteiger partial charge in [0.2, 0.25) is 0 Å². The van der Waals surface area contributed by atoms with Crippen molar-refractivity contribution in [2.24, 2.45) is 5.92 Å². The Hall–Kier alpha value is -1.47. The molecule has 0 aliphatic heterocycles. The van der Waals surface area contributed by atoms with E-state index in [1.165, 1.54) is 16.9 Å². The number of aromatic nitrogens is 3. The summed E-state index contributed by atoms with van der Waals surface area (Å²) in [6, 6.07) is 0.257. The number of hydrogen-bond acceptors (Lipinski definition) is 4. The molecule has 0 bridgehead atoms. The Bertz CT molecular complexity index is 787. The van der Waals surface area contributed by atoms with E-state index in [0.717, 1.165) is 30.1 Å². The number of nitrogens with one attached hydrogen (secondary N) is 2. The van der Waals surface area contributed by atoms with Gasteiger partial charge in [-0.25, -0.2) is 0 Å². The fourth-order valence-corrected chi connectivity index (χ4v) is 4.90. The van der Waals surface area contributed by atoms with Crippen LogP contribution in [-0.4, -0.2) is 27.2 Å². The molecule has 2 aromatic rings. The lowest BCUT2D eigenvalue weighted by atomic mass is 9.88. The van der Waals surface area contributed by atoms with Crippen molar-refractivity contribution in [1.29, 1.82) is 0 Å². The minimum Gasteiger partial charge on any atom is -0.352 e. The molecule has 24 heavy (non-hydrogen) atoms. The number of carbonyl (C=O) groups excluding carboxylic acids is 1. The first-order valence-corrected chi connectivity index (χ1v) is 9.79. The molecule has 0 saturated carbocycles. The molecule has 0 spiro atoms. The molecule has 0 saturated heterocycles. The van der Waals surface area contributed by atoms with Gasteiger partial charge in [-0.05, 0) is 56.8 Å². The number of H-pyrrole nitrogens is 1. The highest BCUT2D eigenvalue weighted by Gasteiger charge is 2.23. The highest BCUT2D eigenvalue weighted by molar-refractivity contribution is 7.71. The highest BCUT2D eigenvalue weighted by Crippen LogP contribution is 2.32. The summed E-state index contributed by atoms with van der Waals surface area (Å²) in [7, 11) is 0. The second-order valence-electron chi connectivity index (χ2n) is 6.81. The summed E-state index contributed by atoms with van der Waals surface area (Å²) in [5, 5.41) is 12.2. The van der Waals surface area contributed by atoms with Crippen LogP contribution in [0.3, 0.4) is 0 Å². The summed E-state index contributed by atoms with van der Waals surface area (Å²) >= 11 is 6.98. The number of hydrogen-bond donors (Lipinski definition) is 2. The smallest absolute Gasteiger partial charge is 0.252 e. The Kier molecular flexibility index (Phi) is 5.20. The molecule has 130 valence electrons. The van der Waals surface area contributed by atoms with Crippen LogP contribution < -0.4 is 5.32 Å². The monoisotopic (exact) mass is 364 g/mol. The molecule has 1 aliphatic rings. The number of rotatable bonds is 5. The molecule has 0 fully saturated rings. The largest absolute Gasteiger partial charge is 0.352 e. The van der Waals surface area contributed by atoms with Crippen LogP contribution in [-0.2, 0) is 19.3 Å². The van der Waals surface area contributed by atoms with E-state index in [9.17, 15) is 4.79 Å². The lowest BCUT2D eigenvalue weighted by molar-refractivity contribution is 0.0953. The summed E-state index contributed by atoms with van der Waals surface area (Å²) in [5.41, 5.74) is 2.13. The van der Waals surface area contributed by atoms with Gasteiger partial charge in [0.25, 0.3) is 5.91 Å². The first-order chi connectivity index (χ1) is 11.5. The first-order valence-electron chi connectivity index (χ1n) is 8.50. The lowest BCUT2D eigenvalue weighted by Gasteiger charge is -2.18. The van der Waals surface area contributed by atoms with Crippen LogP contribution in [0.15, 0.2) is 5.38 Å². The molecule has 0 aromatic carbocycles. The Morgan fingerprint density at radius 2 is 2.38 bits per heavy atom. The van der Waals surface area contributed by atoms with Crippen molar-refractivity contribution in [3.05, 3.63) is 32.0 Å². The van der Waals surface area contributed by atoms with Crippen molar-refractivity contribution in [3.8, 4) is 0 Å². The van der Waals surface area contributed by atoms with Crippen LogP contribution in [0.25, 0.3) is 0 Å². The maximum atomic E-state index is 12.5. The van der Waals surface area contributed by atoms with Gasteiger partial charge in [0.05, 0.1) is 5.56 Å². The molecule has 1 atom stereocenters. The molecule has 7 heteroatoms. The normalized spacial score (nSPS) is 17.1. The molecule has 0 unspecified atom stereocenters. The molecule has 2 N–H and O–H groups in total. The minimum atomic E-state index is 0.0345. The van der Waals surface area contributed by atoms with Gasteiger partial charge in [0.15, 0.2) is 4.77 Å². The zero-order valence-corrected chi connectivity index (χ0v) is 16.0. The van der Waals surface area contributed by atoms with Crippen molar-refractivity contribution in [2.45, 2.75) is 52.5 Å². The quantitative estimate of drug-likeness (QED) is 0.796. The van der Waals surface area contributed by atoms with Crippen LogP contribution in [0.1, 0.15) is 59.9 Å². The third-order valence-corrected chi connectivity index (χ3v) is 5.91. The van der Waals surface area contributed by atoms with E-state index in [2.05, 4.69) is 36.3 Å². The summed E-state index contributed by atoms with van der Waals surface area (Å²) in [5.74, 6) is 1.65. The van der Waals surface area contributed by atoms with Crippen LogP contribution in [0.4, 0.5) is 0 Å². The van der Waals surface area contributed by atoms with Crippen molar-refractivity contribution >= 4 is 29.5 Å². The number of amides is 1. The zero-order chi connectivity index (χ0) is 17.3. The highest BCUT2D eigenvalue weighted by atomic mass is 32.1. The Labute approximate surface area is 151 Å². The van der Waals surface area contributed by atoms with E-state index in [-0.39, 0.29) is 11.9 Å². The SMILES string of the molecule is CC(C)n1c(CCNC(=O)c2csc3c2CC[C@@H](C)C3)n[nH]c1=S. The number of nitrogens with zero attached hydrogens (tertiary/aromatic N) is 2. The molecular weight excluding hydrogens is 340 g/mol. The van der Waals surface area contributed by atoms with Gasteiger partial charge >= 0.3 is 0 Å². The molecule has 3 rings (SSSR count). The van der Waals surface area contributed by atoms with Crippen LogP contribution >= 0.6 is 23.6 Å². The third kappa shape index (κ3) is 3.47. The Morgan fingerprint density at radius 3 is 3.12 bits per heavy atom. The van der Waals surface area contributed by atoms with Gasteiger partial charge < -0.3 is 9.88 Å². The van der Waals surface area contributed by atoms with E-state index in [1.54, 1.807) is 11.3 Å². The third-order valence-electron chi connectivity index (χ3n) is 4.57. The maximum absolute atomic E-state index is 12.5. The topological polar surface area (TPSA) is 62.7 Å². The Balaban J connectivity index is 1.62. The molecule has 1 aliphatic carbocycles. The van der Waals surface area contributed by atoms with Gasteiger partial charge in [-0.3, -0.25) is 9.89 Å². The summed E-state index contributed by atoms with van der Waals surface area (Å²) in [6.45, 7) is 6.99. The minimum absolute atomic E-state index is 0.0345. The van der Waals surface area contributed by atoms with Crippen LogP contribution in [0, 0.1) is 10.7 Å². The van der Waals surface area contributed by atoms with Gasteiger partial charge in [0, 0.05) is 29.3 Å². The van der Waals surface area contributed by atoms with E-state index in [0.29, 0.717) is 17.7 Å². The summed E-state index contributed by atoms with van der Waals surface area (Å²) in [4.78, 5) is 13.9. The lowest BCUT2D eigenvalue weighted by Crippen LogP contribution is -2.27. The van der Waals surface area contributed by atoms with Gasteiger partial charge in [-0.15, -0.1) is 11.3 Å². The number of carbonyl (C=O) groups is 1. The van der Waals surface area contributed by atoms with E-state index in [4.69, 9.17) is 12.2 Å². The van der Waals surface area contributed by atoms with Crippen molar-refractivity contribution in [2.75, 3.05) is 6.54 Å². The number of aromatic amines is 1.